The van der Waals surface area contributed by atoms with Gasteiger partial charge in [-0.1, -0.05) is 29.8 Å². The number of fused-ring (bicyclic) bond motifs is 1. The molecule has 3 aromatic rings. The van der Waals surface area contributed by atoms with E-state index in [0.29, 0.717) is 11.1 Å². The van der Waals surface area contributed by atoms with Gasteiger partial charge in [-0.2, -0.15) is 21.6 Å². The molecule has 0 spiro atoms. The molecule has 5 nitrogen and oxygen atoms in total. The summed E-state index contributed by atoms with van der Waals surface area (Å²) in [6.45, 7) is 3.37. The number of hydrogen-bond acceptors (Lipinski definition) is 5. The third kappa shape index (κ3) is 3.68. The van der Waals surface area contributed by atoms with Crippen LogP contribution in [0.5, 0.6) is 5.75 Å². The normalized spacial score (nSPS) is 12.3. The van der Waals surface area contributed by atoms with Crippen LogP contribution in [0.2, 0.25) is 0 Å². The van der Waals surface area contributed by atoms with Crippen LogP contribution in [0.15, 0.2) is 51.7 Å². The van der Waals surface area contributed by atoms with E-state index in [1.54, 1.807) is 31.2 Å². The average Bonchev–Trinajstić information content (AvgIpc) is 2.54. The molecule has 0 saturated carbocycles. The number of alkyl halides is 3. The zero-order valence-corrected chi connectivity index (χ0v) is 14.9. The van der Waals surface area contributed by atoms with Gasteiger partial charge in [0.05, 0.1) is 0 Å². The summed E-state index contributed by atoms with van der Waals surface area (Å²) in [5.41, 5.74) is -4.36. The molecular weight excluding hydrogens is 385 g/mol. The molecule has 2 aromatic carbocycles. The molecule has 142 valence electrons. The summed E-state index contributed by atoms with van der Waals surface area (Å²) in [7, 11) is -5.87. The third-order valence-corrected chi connectivity index (χ3v) is 4.86. The zero-order valence-electron chi connectivity index (χ0n) is 14.1. The largest absolute Gasteiger partial charge is 0.534 e. The average molecular weight is 398 g/mol. The lowest BCUT2D eigenvalue weighted by Crippen LogP contribution is -2.28. The summed E-state index contributed by atoms with van der Waals surface area (Å²) >= 11 is 0. The Labute approximate surface area is 152 Å². The van der Waals surface area contributed by atoms with Crippen LogP contribution in [0.4, 0.5) is 13.2 Å². The molecule has 1 heterocycles. The van der Waals surface area contributed by atoms with Gasteiger partial charge in [-0.05, 0) is 37.1 Å². The van der Waals surface area contributed by atoms with E-state index in [1.165, 1.54) is 6.07 Å². The third-order valence-electron chi connectivity index (χ3n) is 3.90. The minimum atomic E-state index is -5.87. The summed E-state index contributed by atoms with van der Waals surface area (Å²) in [5.74, 6) is -0.513. The maximum absolute atomic E-state index is 12.8. The van der Waals surface area contributed by atoms with Crippen molar-refractivity contribution in [2.24, 2.45) is 0 Å². The fraction of sp³-hybridized carbons (Fsp3) is 0.167. The molecule has 0 N–H and O–H groups in total. The topological polar surface area (TPSA) is 73.6 Å². The lowest BCUT2D eigenvalue weighted by Gasteiger charge is -2.14. The standard InChI is InChI=1S/C18H13F3O5S/c1-10-3-5-12(6-4-10)14-9-15-13(11(2)7-17(22)25-15)8-16(14)26-27(23,24)18(19,20)21/h3-9H,1-2H3. The van der Waals surface area contributed by atoms with E-state index >= 15 is 0 Å². The van der Waals surface area contributed by atoms with Gasteiger partial charge in [-0.3, -0.25) is 0 Å². The summed E-state index contributed by atoms with van der Waals surface area (Å²) in [5, 5.41) is 0.262. The van der Waals surface area contributed by atoms with Gasteiger partial charge in [0.15, 0.2) is 5.75 Å². The summed E-state index contributed by atoms with van der Waals surface area (Å²) in [6.07, 6.45) is 0. The van der Waals surface area contributed by atoms with Crippen molar-refractivity contribution in [2.45, 2.75) is 19.4 Å². The first-order valence-electron chi connectivity index (χ1n) is 7.64. The molecular formula is C18H13F3O5S. The fourth-order valence-electron chi connectivity index (χ4n) is 2.54. The molecule has 0 fully saturated rings. The lowest BCUT2D eigenvalue weighted by molar-refractivity contribution is -0.0499. The van der Waals surface area contributed by atoms with E-state index in [0.717, 1.165) is 17.7 Å². The van der Waals surface area contributed by atoms with Crippen molar-refractivity contribution in [1.82, 2.24) is 0 Å². The van der Waals surface area contributed by atoms with Crippen LogP contribution in [0.1, 0.15) is 11.1 Å². The highest BCUT2D eigenvalue weighted by Gasteiger charge is 2.48. The van der Waals surface area contributed by atoms with Crippen molar-refractivity contribution in [1.29, 1.82) is 0 Å². The Morgan fingerprint density at radius 2 is 1.63 bits per heavy atom. The highest BCUT2D eigenvalue weighted by molar-refractivity contribution is 7.88. The van der Waals surface area contributed by atoms with E-state index in [9.17, 15) is 26.4 Å². The number of benzene rings is 2. The minimum Gasteiger partial charge on any atom is -0.423 e. The van der Waals surface area contributed by atoms with Gasteiger partial charge in [0.2, 0.25) is 0 Å². The van der Waals surface area contributed by atoms with E-state index < -0.39 is 27.0 Å². The van der Waals surface area contributed by atoms with Crippen LogP contribution < -0.4 is 9.81 Å². The first-order valence-corrected chi connectivity index (χ1v) is 9.05. The van der Waals surface area contributed by atoms with Crippen molar-refractivity contribution in [3.05, 3.63) is 64.0 Å². The van der Waals surface area contributed by atoms with E-state index in [4.69, 9.17) is 4.42 Å². The Bertz CT molecular complexity index is 1180. The molecule has 0 bridgehead atoms. The zero-order chi connectivity index (χ0) is 20.0. The Morgan fingerprint density at radius 3 is 2.22 bits per heavy atom. The van der Waals surface area contributed by atoms with Crippen molar-refractivity contribution in [3.63, 3.8) is 0 Å². The van der Waals surface area contributed by atoms with Gasteiger partial charge in [0.1, 0.15) is 5.58 Å². The number of hydrogen-bond donors (Lipinski definition) is 0. The SMILES string of the molecule is Cc1ccc(-c2cc3oc(=O)cc(C)c3cc2OS(=O)(=O)C(F)(F)F)cc1. The molecule has 0 amide bonds. The molecule has 1 aromatic heterocycles. The second-order valence-corrected chi connectivity index (χ2v) is 7.48. The monoisotopic (exact) mass is 398 g/mol. The van der Waals surface area contributed by atoms with Gasteiger partial charge < -0.3 is 8.60 Å². The highest BCUT2D eigenvalue weighted by atomic mass is 32.2. The van der Waals surface area contributed by atoms with Crippen molar-refractivity contribution >= 4 is 21.1 Å². The van der Waals surface area contributed by atoms with Crippen LogP contribution in [-0.2, 0) is 10.1 Å². The Hall–Kier alpha value is -2.81. The summed E-state index contributed by atoms with van der Waals surface area (Å²) in [6, 6.07) is 10.1. The smallest absolute Gasteiger partial charge is 0.423 e. The van der Waals surface area contributed by atoms with Gasteiger partial charge in [0.25, 0.3) is 0 Å². The fourth-order valence-corrected chi connectivity index (χ4v) is 3.01. The van der Waals surface area contributed by atoms with Gasteiger partial charge >= 0.3 is 21.3 Å². The molecule has 3 rings (SSSR count). The molecule has 0 aliphatic carbocycles. The van der Waals surface area contributed by atoms with Crippen molar-refractivity contribution < 1.29 is 30.2 Å². The van der Waals surface area contributed by atoms with Crippen LogP contribution in [0, 0.1) is 13.8 Å². The Balaban J connectivity index is 2.30. The second-order valence-electron chi connectivity index (χ2n) is 5.94. The summed E-state index contributed by atoms with van der Waals surface area (Å²) < 4.78 is 70.9. The Morgan fingerprint density at radius 1 is 1.00 bits per heavy atom. The number of halogens is 3. The quantitative estimate of drug-likeness (QED) is 0.374. The van der Waals surface area contributed by atoms with Gasteiger partial charge in [-0.15, -0.1) is 0 Å². The molecule has 0 saturated heterocycles. The molecule has 0 aliphatic heterocycles. The van der Waals surface area contributed by atoms with E-state index in [-0.39, 0.29) is 16.5 Å². The molecule has 0 atom stereocenters. The molecule has 0 aliphatic rings. The van der Waals surface area contributed by atoms with Crippen LogP contribution in [0.25, 0.3) is 22.1 Å². The summed E-state index contributed by atoms with van der Waals surface area (Å²) in [4.78, 5) is 11.6. The van der Waals surface area contributed by atoms with Crippen molar-refractivity contribution in [3.8, 4) is 16.9 Å². The number of rotatable bonds is 3. The molecule has 0 radical (unpaired) electrons. The maximum atomic E-state index is 12.8. The first kappa shape index (κ1) is 19.0. The number of aryl methyl sites for hydroxylation is 2. The minimum absolute atomic E-state index is 0.0454. The van der Waals surface area contributed by atoms with E-state index in [2.05, 4.69) is 4.18 Å². The highest BCUT2D eigenvalue weighted by Crippen LogP contribution is 2.38. The first-order chi connectivity index (χ1) is 12.5. The molecule has 0 unspecified atom stereocenters. The second kappa shape index (κ2) is 6.41. The predicted octanol–water partition coefficient (Wildman–Crippen LogP) is 4.31. The van der Waals surface area contributed by atoms with Gasteiger partial charge in [-0.25, -0.2) is 4.79 Å². The van der Waals surface area contributed by atoms with Crippen LogP contribution >= 0.6 is 0 Å². The molecule has 9 heteroatoms. The van der Waals surface area contributed by atoms with Crippen LogP contribution in [0.3, 0.4) is 0 Å². The van der Waals surface area contributed by atoms with Crippen molar-refractivity contribution in [2.75, 3.05) is 0 Å². The molecule has 27 heavy (non-hydrogen) atoms. The Kier molecular flexibility index (Phi) is 4.51. The lowest BCUT2D eigenvalue weighted by atomic mass is 10.0. The van der Waals surface area contributed by atoms with E-state index in [1.807, 2.05) is 6.92 Å². The maximum Gasteiger partial charge on any atom is 0.534 e. The predicted molar refractivity (Wildman–Crippen MR) is 93.0 cm³/mol. The van der Waals surface area contributed by atoms with Crippen LogP contribution in [-0.4, -0.2) is 13.9 Å². The van der Waals surface area contributed by atoms with Gasteiger partial charge in [0, 0.05) is 17.0 Å².